The Bertz CT molecular complexity index is 1070. The first-order valence-corrected chi connectivity index (χ1v) is 9.09. The van der Waals surface area contributed by atoms with Gasteiger partial charge < -0.3 is 4.90 Å². The van der Waals surface area contributed by atoms with Gasteiger partial charge in [-0.2, -0.15) is 5.10 Å². The number of hydrogen-bond acceptors (Lipinski definition) is 4. The van der Waals surface area contributed by atoms with Gasteiger partial charge in [0, 0.05) is 36.3 Å². The number of benzene rings is 1. The summed E-state index contributed by atoms with van der Waals surface area (Å²) in [6.07, 6.45) is 4.67. The van der Waals surface area contributed by atoms with Crippen molar-refractivity contribution in [1.82, 2.24) is 14.8 Å². The SMILES string of the molecule is Cc1c(C(=O)N2C[C@@H]3CCC(=O)c4cccc2c43)cnn1-c1ccccn1. The molecule has 0 fully saturated rings. The van der Waals surface area contributed by atoms with Crippen LogP contribution in [0.25, 0.3) is 5.82 Å². The Balaban J connectivity index is 1.54. The van der Waals surface area contributed by atoms with E-state index in [9.17, 15) is 9.59 Å². The number of hydrogen-bond donors (Lipinski definition) is 0. The van der Waals surface area contributed by atoms with Gasteiger partial charge in [-0.25, -0.2) is 9.67 Å². The molecule has 0 bridgehead atoms. The van der Waals surface area contributed by atoms with E-state index in [1.807, 2.05) is 43.3 Å². The minimum absolute atomic E-state index is 0.0788. The molecule has 5 rings (SSSR count). The number of aromatic nitrogens is 3. The van der Waals surface area contributed by atoms with Gasteiger partial charge >= 0.3 is 0 Å². The monoisotopic (exact) mass is 358 g/mol. The lowest BCUT2D eigenvalue weighted by Gasteiger charge is -2.18. The summed E-state index contributed by atoms with van der Waals surface area (Å²) in [6.45, 7) is 2.49. The number of carbonyl (C=O) groups is 2. The van der Waals surface area contributed by atoms with E-state index in [0.717, 1.165) is 28.9 Å². The van der Waals surface area contributed by atoms with Crippen molar-refractivity contribution in [2.75, 3.05) is 11.4 Å². The standard InChI is InChI=1S/C21H18N4O2/c1-13-16(11-23-25(13)19-7-2-3-10-22-19)21(27)24-12-14-8-9-18(26)15-5-4-6-17(24)20(14)15/h2-7,10-11,14H,8-9,12H2,1H3/t14-/m0/s1. The molecule has 1 atom stereocenters. The van der Waals surface area contributed by atoms with Crippen molar-refractivity contribution < 1.29 is 9.59 Å². The molecule has 2 aliphatic rings. The molecule has 6 nitrogen and oxygen atoms in total. The van der Waals surface area contributed by atoms with Gasteiger partial charge in [-0.1, -0.05) is 18.2 Å². The third-order valence-electron chi connectivity index (χ3n) is 5.56. The number of anilines is 1. The molecule has 0 saturated carbocycles. The minimum atomic E-state index is -0.0788. The third kappa shape index (κ3) is 2.33. The van der Waals surface area contributed by atoms with E-state index in [0.29, 0.717) is 24.3 Å². The second-order valence-corrected chi connectivity index (χ2v) is 7.06. The molecular formula is C21H18N4O2. The number of pyridine rings is 1. The predicted octanol–water partition coefficient (Wildman–Crippen LogP) is 3.30. The molecule has 1 amide bonds. The molecule has 1 aliphatic heterocycles. The molecule has 2 aromatic heterocycles. The molecule has 6 heteroatoms. The van der Waals surface area contributed by atoms with Crippen LogP contribution in [-0.2, 0) is 0 Å². The largest absolute Gasteiger partial charge is 0.307 e. The molecule has 0 N–H and O–H groups in total. The highest BCUT2D eigenvalue weighted by molar-refractivity contribution is 6.10. The topological polar surface area (TPSA) is 68.1 Å². The fourth-order valence-electron chi connectivity index (χ4n) is 4.21. The van der Waals surface area contributed by atoms with Crippen molar-refractivity contribution in [2.24, 2.45) is 0 Å². The van der Waals surface area contributed by atoms with Crippen molar-refractivity contribution in [3.8, 4) is 5.82 Å². The van der Waals surface area contributed by atoms with Crippen LogP contribution in [0, 0.1) is 6.92 Å². The van der Waals surface area contributed by atoms with Gasteiger partial charge in [-0.05, 0) is 37.1 Å². The predicted molar refractivity (Wildman–Crippen MR) is 101 cm³/mol. The zero-order valence-corrected chi connectivity index (χ0v) is 14.9. The van der Waals surface area contributed by atoms with E-state index in [4.69, 9.17) is 0 Å². The van der Waals surface area contributed by atoms with Gasteiger partial charge in [0.05, 0.1) is 17.5 Å². The lowest BCUT2D eigenvalue weighted by molar-refractivity contribution is 0.0968. The third-order valence-corrected chi connectivity index (χ3v) is 5.56. The zero-order valence-electron chi connectivity index (χ0n) is 14.9. The summed E-state index contributed by atoms with van der Waals surface area (Å²) < 4.78 is 1.68. The van der Waals surface area contributed by atoms with Gasteiger partial charge in [0.25, 0.3) is 5.91 Å². The Hall–Kier alpha value is -3.28. The smallest absolute Gasteiger partial charge is 0.261 e. The Labute approximate surface area is 156 Å². The second-order valence-electron chi connectivity index (χ2n) is 7.06. The van der Waals surface area contributed by atoms with Crippen LogP contribution in [0.3, 0.4) is 0 Å². The van der Waals surface area contributed by atoms with Crippen LogP contribution < -0.4 is 4.90 Å². The number of rotatable bonds is 2. The molecule has 0 spiro atoms. The lowest BCUT2D eigenvalue weighted by Crippen LogP contribution is -2.30. The first-order chi connectivity index (χ1) is 13.1. The zero-order chi connectivity index (χ0) is 18.5. The number of nitrogens with zero attached hydrogens (tertiary/aromatic N) is 4. The molecule has 3 aromatic rings. The highest BCUT2D eigenvalue weighted by atomic mass is 16.2. The van der Waals surface area contributed by atoms with Crippen LogP contribution in [0.15, 0.2) is 48.8 Å². The minimum Gasteiger partial charge on any atom is -0.307 e. The van der Waals surface area contributed by atoms with E-state index in [2.05, 4.69) is 10.1 Å². The summed E-state index contributed by atoms with van der Waals surface area (Å²) >= 11 is 0. The molecule has 0 radical (unpaired) electrons. The molecule has 1 aliphatic carbocycles. The summed E-state index contributed by atoms with van der Waals surface area (Å²) in [6, 6.07) is 11.3. The van der Waals surface area contributed by atoms with Crippen molar-refractivity contribution in [3.05, 3.63) is 71.2 Å². The van der Waals surface area contributed by atoms with E-state index < -0.39 is 0 Å². The van der Waals surface area contributed by atoms with Crippen molar-refractivity contribution >= 4 is 17.4 Å². The molecule has 0 saturated heterocycles. The van der Waals surface area contributed by atoms with Gasteiger partial charge in [0.2, 0.25) is 0 Å². The molecular weight excluding hydrogens is 340 g/mol. The Morgan fingerprint density at radius 1 is 1.19 bits per heavy atom. The van der Waals surface area contributed by atoms with Crippen molar-refractivity contribution in [3.63, 3.8) is 0 Å². The van der Waals surface area contributed by atoms with Crippen molar-refractivity contribution in [2.45, 2.75) is 25.7 Å². The van der Waals surface area contributed by atoms with Gasteiger partial charge in [-0.15, -0.1) is 0 Å². The molecule has 3 heterocycles. The average Bonchev–Trinajstić information content (AvgIpc) is 3.27. The van der Waals surface area contributed by atoms with Crippen LogP contribution in [0.1, 0.15) is 50.7 Å². The molecule has 27 heavy (non-hydrogen) atoms. The first kappa shape index (κ1) is 15.9. The summed E-state index contributed by atoms with van der Waals surface area (Å²) in [7, 11) is 0. The molecule has 134 valence electrons. The van der Waals surface area contributed by atoms with Gasteiger partial charge in [0.1, 0.15) is 0 Å². The summed E-state index contributed by atoms with van der Waals surface area (Å²) in [5, 5.41) is 4.37. The van der Waals surface area contributed by atoms with Gasteiger partial charge in [-0.3, -0.25) is 9.59 Å². The maximum atomic E-state index is 13.3. The number of amides is 1. The van der Waals surface area contributed by atoms with Crippen LogP contribution in [0.2, 0.25) is 0 Å². The highest BCUT2D eigenvalue weighted by Gasteiger charge is 2.39. The van der Waals surface area contributed by atoms with Crippen molar-refractivity contribution in [1.29, 1.82) is 0 Å². The average molecular weight is 358 g/mol. The fraction of sp³-hybridized carbons (Fsp3) is 0.238. The van der Waals surface area contributed by atoms with Gasteiger partial charge in [0.15, 0.2) is 11.6 Å². The Morgan fingerprint density at radius 2 is 2.07 bits per heavy atom. The Kier molecular flexibility index (Phi) is 3.47. The van der Waals surface area contributed by atoms with E-state index >= 15 is 0 Å². The summed E-state index contributed by atoms with van der Waals surface area (Å²) in [5.74, 6) is 1.02. The lowest BCUT2D eigenvalue weighted by atomic mass is 9.83. The highest BCUT2D eigenvalue weighted by Crippen LogP contribution is 2.44. The fourth-order valence-corrected chi connectivity index (χ4v) is 4.21. The summed E-state index contributed by atoms with van der Waals surface area (Å²) in [5.41, 5.74) is 3.99. The van der Waals surface area contributed by atoms with Crippen LogP contribution >= 0.6 is 0 Å². The maximum absolute atomic E-state index is 13.3. The number of Topliss-reactive ketones (excluding diaryl/α,β-unsaturated/α-hetero) is 1. The molecule has 0 unspecified atom stereocenters. The van der Waals surface area contributed by atoms with E-state index in [-0.39, 0.29) is 17.6 Å². The van der Waals surface area contributed by atoms with Crippen LogP contribution in [-0.4, -0.2) is 33.0 Å². The molecule has 1 aromatic carbocycles. The normalized spacial score (nSPS) is 17.9. The maximum Gasteiger partial charge on any atom is 0.261 e. The number of ketones is 1. The number of carbonyl (C=O) groups excluding carboxylic acids is 2. The van der Waals surface area contributed by atoms with E-state index in [1.54, 1.807) is 22.0 Å². The first-order valence-electron chi connectivity index (χ1n) is 9.09. The van der Waals surface area contributed by atoms with Crippen LogP contribution in [0.4, 0.5) is 5.69 Å². The second kappa shape index (κ2) is 5.87. The van der Waals surface area contributed by atoms with Crippen LogP contribution in [0.5, 0.6) is 0 Å². The Morgan fingerprint density at radius 3 is 2.89 bits per heavy atom. The van der Waals surface area contributed by atoms with E-state index in [1.165, 1.54) is 0 Å². The summed E-state index contributed by atoms with van der Waals surface area (Å²) in [4.78, 5) is 31.7. The quantitative estimate of drug-likeness (QED) is 0.705.